The highest BCUT2D eigenvalue weighted by Gasteiger charge is 2.56. The monoisotopic (exact) mass is 531 g/mol. The molecular formula is C14H21N5O11S3. The van der Waals surface area contributed by atoms with Crippen LogP contribution in [0.15, 0.2) is 12.7 Å². The van der Waals surface area contributed by atoms with Crippen LogP contribution >= 0.6 is 0 Å². The first-order chi connectivity index (χ1) is 15.0. The van der Waals surface area contributed by atoms with Gasteiger partial charge in [0.1, 0.15) is 42.4 Å². The number of aliphatic hydroxyl groups excluding tert-OH is 2. The van der Waals surface area contributed by atoms with Gasteiger partial charge in [0.2, 0.25) is 0 Å². The molecule has 0 aliphatic heterocycles. The normalized spacial score (nSPS) is 29.4. The molecule has 2 aromatic heterocycles. The molecule has 1 fully saturated rings. The number of fused-ring (bicyclic) bond motifs is 1. The zero-order chi connectivity index (χ0) is 24.9. The van der Waals surface area contributed by atoms with Gasteiger partial charge < -0.3 is 20.5 Å². The van der Waals surface area contributed by atoms with Crippen LogP contribution in [0.25, 0.3) is 11.2 Å². The third kappa shape index (κ3) is 5.74. The van der Waals surface area contributed by atoms with Crippen LogP contribution in [0, 0.1) is 0 Å². The van der Waals surface area contributed by atoms with Crippen LogP contribution in [-0.4, -0.2) is 104 Å². The quantitative estimate of drug-likeness (QED) is 0.297. The number of aromatic nitrogens is 4. The summed E-state index contributed by atoms with van der Waals surface area (Å²) in [6, 6.07) is -1.60. The van der Waals surface area contributed by atoms with Gasteiger partial charge in [-0.3, -0.25) is 12.5 Å². The number of nitrogens with zero attached hydrogens (tertiary/aromatic N) is 4. The largest absolute Gasteiger partial charge is 0.388 e. The Balaban J connectivity index is 2.22. The van der Waals surface area contributed by atoms with Gasteiger partial charge in [-0.05, 0) is 0 Å². The summed E-state index contributed by atoms with van der Waals surface area (Å²) in [5.41, 5.74) is 5.79. The average Bonchev–Trinajstić information content (AvgIpc) is 3.04. The summed E-state index contributed by atoms with van der Waals surface area (Å²) >= 11 is 0. The number of aliphatic hydroxyl groups is 2. The number of anilines is 1. The molecule has 0 amide bonds. The highest BCUT2D eigenvalue weighted by Crippen LogP contribution is 2.38. The number of imidazole rings is 1. The molecule has 2 heterocycles. The Bertz CT molecular complexity index is 1310. The van der Waals surface area contributed by atoms with Crippen LogP contribution < -0.4 is 5.73 Å². The molecule has 33 heavy (non-hydrogen) atoms. The second-order valence-electron chi connectivity index (χ2n) is 7.35. The first-order valence-electron chi connectivity index (χ1n) is 8.92. The predicted molar refractivity (Wildman–Crippen MR) is 110 cm³/mol. The lowest BCUT2D eigenvalue weighted by atomic mass is 9.83. The number of hydrogen-bond acceptors (Lipinski definition) is 15. The molecule has 19 heteroatoms. The summed E-state index contributed by atoms with van der Waals surface area (Å²) in [6.07, 6.45) is -6.17. The number of nitrogens with two attached hydrogens (primary N) is 1. The van der Waals surface area contributed by atoms with Gasteiger partial charge in [0.05, 0.1) is 31.1 Å². The molecule has 16 nitrogen and oxygen atoms in total. The molecule has 1 aliphatic rings. The van der Waals surface area contributed by atoms with E-state index in [4.69, 9.17) is 18.3 Å². The van der Waals surface area contributed by atoms with E-state index in [9.17, 15) is 35.5 Å². The van der Waals surface area contributed by atoms with Crippen LogP contribution in [0.4, 0.5) is 5.82 Å². The minimum Gasteiger partial charge on any atom is -0.388 e. The van der Waals surface area contributed by atoms with Gasteiger partial charge in [0.15, 0.2) is 11.5 Å². The highest BCUT2D eigenvalue weighted by molar-refractivity contribution is 7.86. The van der Waals surface area contributed by atoms with Crippen LogP contribution in [0.2, 0.25) is 0 Å². The first kappa shape index (κ1) is 25.6. The lowest BCUT2D eigenvalue weighted by Gasteiger charge is -2.45. The fourth-order valence-corrected chi connectivity index (χ4v) is 5.40. The number of hydrogen-bond donors (Lipinski definition) is 3. The Morgan fingerprint density at radius 1 is 0.818 bits per heavy atom. The summed E-state index contributed by atoms with van der Waals surface area (Å²) in [5.74, 6) is -0.0512. The minimum absolute atomic E-state index is 0.00991. The van der Waals surface area contributed by atoms with E-state index in [0.717, 1.165) is 17.2 Å². The van der Waals surface area contributed by atoms with Crippen LogP contribution in [-0.2, 0) is 42.9 Å². The summed E-state index contributed by atoms with van der Waals surface area (Å²) in [5, 5.41) is 22.0. The Hall–Kier alpha value is -2.00. The molecule has 6 atom stereocenters. The zero-order valence-electron chi connectivity index (χ0n) is 17.3. The van der Waals surface area contributed by atoms with E-state index >= 15 is 0 Å². The van der Waals surface area contributed by atoms with Crippen LogP contribution in [0.1, 0.15) is 6.04 Å². The molecule has 0 radical (unpaired) electrons. The molecular weight excluding hydrogens is 510 g/mol. The van der Waals surface area contributed by atoms with Gasteiger partial charge in [-0.25, -0.2) is 15.0 Å². The molecule has 1 saturated carbocycles. The van der Waals surface area contributed by atoms with E-state index in [2.05, 4.69) is 15.0 Å². The maximum atomic E-state index is 11.9. The lowest BCUT2D eigenvalue weighted by Crippen LogP contribution is -2.64. The van der Waals surface area contributed by atoms with Crippen molar-refractivity contribution in [3.8, 4) is 0 Å². The minimum atomic E-state index is -4.39. The molecule has 3 rings (SSSR count). The summed E-state index contributed by atoms with van der Waals surface area (Å²) in [4.78, 5) is 11.7. The third-order valence-corrected chi connectivity index (χ3v) is 6.30. The second-order valence-corrected chi connectivity index (χ2v) is 12.2. The topological polar surface area (TPSA) is 240 Å². The number of nitrogen functional groups attached to an aromatic ring is 1. The molecule has 0 spiro atoms. The van der Waals surface area contributed by atoms with Crippen molar-refractivity contribution in [2.45, 2.75) is 36.6 Å². The van der Waals surface area contributed by atoms with Crippen molar-refractivity contribution in [2.24, 2.45) is 0 Å². The van der Waals surface area contributed by atoms with Crippen molar-refractivity contribution in [3.63, 3.8) is 0 Å². The smallest absolute Gasteiger partial charge is 0.264 e. The van der Waals surface area contributed by atoms with Crippen molar-refractivity contribution >= 4 is 47.3 Å². The highest BCUT2D eigenvalue weighted by atomic mass is 32.2. The Morgan fingerprint density at radius 2 is 1.27 bits per heavy atom. The lowest BCUT2D eigenvalue weighted by molar-refractivity contribution is -0.172. The molecule has 2 aromatic rings. The van der Waals surface area contributed by atoms with Crippen molar-refractivity contribution in [1.82, 2.24) is 19.5 Å². The maximum Gasteiger partial charge on any atom is 0.264 e. The molecule has 0 bridgehead atoms. The summed E-state index contributed by atoms with van der Waals surface area (Å²) in [6.45, 7) is 0. The second kappa shape index (κ2) is 8.65. The maximum absolute atomic E-state index is 11.9. The van der Waals surface area contributed by atoms with Gasteiger partial charge in [-0.2, -0.15) is 25.3 Å². The fraction of sp³-hybridized carbons (Fsp3) is 0.643. The van der Waals surface area contributed by atoms with Gasteiger partial charge in [-0.15, -0.1) is 0 Å². The summed E-state index contributed by atoms with van der Waals surface area (Å²) in [7, 11) is -13.1. The van der Waals surface area contributed by atoms with Gasteiger partial charge in [0.25, 0.3) is 30.4 Å². The van der Waals surface area contributed by atoms with Crippen molar-refractivity contribution in [1.29, 1.82) is 0 Å². The van der Waals surface area contributed by atoms with Crippen LogP contribution in [0.3, 0.4) is 0 Å². The molecule has 0 aromatic carbocycles. The Labute approximate surface area is 188 Å². The SMILES string of the molecule is CS(=O)(=O)OC1[C@@H](OS(C)(=O)=O)[C@H](O)C(n2cnc3c(N)ncnc32)[C@H](O)[C@@H]1OS(C)(=O)=O. The van der Waals surface area contributed by atoms with Crippen molar-refractivity contribution < 1.29 is 48.0 Å². The van der Waals surface area contributed by atoms with E-state index in [1.165, 1.54) is 0 Å². The van der Waals surface area contributed by atoms with E-state index in [1.807, 2.05) is 0 Å². The average molecular weight is 532 g/mol. The van der Waals surface area contributed by atoms with E-state index in [0.29, 0.717) is 18.8 Å². The fourth-order valence-electron chi connectivity index (χ4n) is 3.52. The van der Waals surface area contributed by atoms with Crippen molar-refractivity contribution in [3.05, 3.63) is 12.7 Å². The zero-order valence-corrected chi connectivity index (χ0v) is 19.7. The van der Waals surface area contributed by atoms with E-state index < -0.39 is 66.9 Å². The van der Waals surface area contributed by atoms with E-state index in [-0.39, 0.29) is 17.0 Å². The molecule has 1 aliphatic carbocycles. The molecule has 186 valence electrons. The molecule has 0 saturated heterocycles. The van der Waals surface area contributed by atoms with Crippen molar-refractivity contribution in [2.75, 3.05) is 24.5 Å². The van der Waals surface area contributed by atoms with Gasteiger partial charge in [0, 0.05) is 0 Å². The Morgan fingerprint density at radius 3 is 1.73 bits per heavy atom. The third-order valence-electron chi connectivity index (χ3n) is 4.59. The van der Waals surface area contributed by atoms with Crippen LogP contribution in [0.5, 0.6) is 0 Å². The van der Waals surface area contributed by atoms with Gasteiger partial charge >= 0.3 is 0 Å². The molecule has 2 unspecified atom stereocenters. The predicted octanol–water partition coefficient (Wildman–Crippen LogP) is -3.28. The Kier molecular flexibility index (Phi) is 6.72. The number of rotatable bonds is 7. The summed E-state index contributed by atoms with van der Waals surface area (Å²) < 4.78 is 86.7. The van der Waals surface area contributed by atoms with E-state index in [1.54, 1.807) is 0 Å². The molecule has 4 N–H and O–H groups in total. The van der Waals surface area contributed by atoms with Gasteiger partial charge in [-0.1, -0.05) is 0 Å². The standard InChI is InChI=1S/C14H21N5O11S3/c1-31(22,23)28-10-8(20)7(19-5-18-6-13(15)16-4-17-14(6)19)9(21)11(29-32(2,24)25)12(10)30-33(3,26)27/h4-5,7-12,20-21H,1-3H3,(H2,15,16,17)/t7?,8-,9+,10-,11-,12?/m0/s1. The first-order valence-corrected chi connectivity index (χ1v) is 14.4.